The lowest BCUT2D eigenvalue weighted by molar-refractivity contribution is -0.142. The van der Waals surface area contributed by atoms with E-state index in [-0.39, 0.29) is 38.9 Å². The predicted octanol–water partition coefficient (Wildman–Crippen LogP) is 1.03. The van der Waals surface area contributed by atoms with Crippen LogP contribution in [0.4, 0.5) is 0 Å². The highest BCUT2D eigenvalue weighted by Crippen LogP contribution is 2.48. The fourth-order valence-electron chi connectivity index (χ4n) is 3.51. The number of nitrogens with one attached hydrogen (secondary N) is 2. The molecule has 2 atom stereocenters. The van der Waals surface area contributed by atoms with Crippen LogP contribution in [0, 0.1) is 0 Å². The van der Waals surface area contributed by atoms with Crippen LogP contribution in [0.5, 0.6) is 0 Å². The first kappa shape index (κ1) is 30.1. The molecule has 13 nitrogen and oxygen atoms in total. The molecule has 1 aliphatic heterocycles. The number of fused-ring (bicyclic) bond motifs is 1. The molecule has 37 heavy (non-hydrogen) atoms. The third kappa shape index (κ3) is 8.46. The van der Waals surface area contributed by atoms with E-state index in [0.29, 0.717) is 11.1 Å². The highest BCUT2D eigenvalue weighted by atomic mass is 31.2. The highest BCUT2D eigenvalue weighted by Gasteiger charge is 2.34. The van der Waals surface area contributed by atoms with Crippen LogP contribution in [0.3, 0.4) is 0 Å². The second kappa shape index (κ2) is 14.0. The fraction of sp³-hybridized carbons (Fsp3) is 0.522. The van der Waals surface area contributed by atoms with Crippen molar-refractivity contribution in [2.24, 2.45) is 0 Å². The van der Waals surface area contributed by atoms with E-state index in [0.717, 1.165) is 4.90 Å². The van der Waals surface area contributed by atoms with Gasteiger partial charge in [-0.05, 0) is 39.3 Å². The fourth-order valence-corrected chi connectivity index (χ4v) is 5.21. The molecular formula is C23H32N3O10P. The number of carbonyl (C=O) groups excluding carboxylic acids is 4. The van der Waals surface area contributed by atoms with E-state index in [1.165, 1.54) is 6.92 Å². The second-order valence-electron chi connectivity index (χ2n) is 8.01. The minimum absolute atomic E-state index is 0.0523. The number of imide groups is 1. The number of aliphatic carboxylic acids is 1. The Morgan fingerprint density at radius 2 is 1.59 bits per heavy atom. The number of rotatable bonds is 16. The molecule has 1 unspecified atom stereocenters. The highest BCUT2D eigenvalue weighted by molar-refractivity contribution is 7.53. The smallest absolute Gasteiger partial charge is 0.330 e. The van der Waals surface area contributed by atoms with Crippen molar-refractivity contribution in [2.45, 2.75) is 39.3 Å². The molecule has 0 aromatic heterocycles. The Morgan fingerprint density at radius 3 is 2.11 bits per heavy atom. The van der Waals surface area contributed by atoms with Gasteiger partial charge in [0.15, 0.2) is 0 Å². The van der Waals surface area contributed by atoms with E-state index in [1.54, 1.807) is 38.1 Å². The Bertz CT molecular complexity index is 1020. The van der Waals surface area contributed by atoms with Gasteiger partial charge in [0.05, 0.1) is 43.7 Å². The molecule has 1 aromatic rings. The number of nitrogens with zero attached hydrogens (tertiary/aromatic N) is 1. The summed E-state index contributed by atoms with van der Waals surface area (Å²) in [6.45, 7) is 4.24. The average molecular weight is 541 g/mol. The monoisotopic (exact) mass is 541 g/mol. The van der Waals surface area contributed by atoms with E-state index in [4.69, 9.17) is 13.8 Å². The van der Waals surface area contributed by atoms with Crippen molar-refractivity contribution < 1.29 is 47.4 Å². The second-order valence-corrected chi connectivity index (χ2v) is 10.2. The summed E-state index contributed by atoms with van der Waals surface area (Å²) in [6.07, 6.45) is -0.423. The molecule has 0 spiro atoms. The molecule has 1 heterocycles. The topological polar surface area (TPSA) is 178 Å². The summed E-state index contributed by atoms with van der Waals surface area (Å²) in [6, 6.07) is 3.95. The largest absolute Gasteiger partial charge is 0.480 e. The first-order valence-corrected chi connectivity index (χ1v) is 13.5. The Hall–Kier alpha value is -3.12. The molecule has 0 saturated heterocycles. The minimum Gasteiger partial charge on any atom is -0.480 e. The molecule has 2 rings (SSSR count). The lowest BCUT2D eigenvalue weighted by atomic mass is 10.1. The molecule has 0 bridgehead atoms. The van der Waals surface area contributed by atoms with E-state index in [2.05, 4.69) is 10.6 Å². The van der Waals surface area contributed by atoms with Crippen LogP contribution in [-0.2, 0) is 32.7 Å². The molecule has 0 saturated carbocycles. The van der Waals surface area contributed by atoms with E-state index in [1.807, 2.05) is 0 Å². The quantitative estimate of drug-likeness (QED) is 0.156. The zero-order chi connectivity index (χ0) is 27.6. The standard InChI is InChI=1S/C23H32N3O10P/c1-4-35-37(33,36-5-2)13-10-18(23(31)32)25-20(28)15(3)24-19(27)14-34-12-11-26-21(29)16-8-6-7-9-17(16)22(26)30/h6-9,15,18H,4-5,10-14H2,1-3H3,(H,24,27)(H,25,28)(H,31,32)/t15-,18?/m0/s1. The van der Waals surface area contributed by atoms with Gasteiger partial charge in [0, 0.05) is 0 Å². The Balaban J connectivity index is 1.76. The molecule has 1 aromatic carbocycles. The summed E-state index contributed by atoms with van der Waals surface area (Å²) in [5.41, 5.74) is 0.617. The molecule has 0 fully saturated rings. The molecule has 14 heteroatoms. The third-order valence-electron chi connectivity index (χ3n) is 5.30. The van der Waals surface area contributed by atoms with Crippen molar-refractivity contribution in [2.75, 3.05) is 39.1 Å². The summed E-state index contributed by atoms with van der Waals surface area (Å²) in [4.78, 5) is 61.8. The van der Waals surface area contributed by atoms with Gasteiger partial charge in [-0.2, -0.15) is 0 Å². The molecule has 204 valence electrons. The number of carbonyl (C=O) groups is 5. The maximum atomic E-state index is 12.5. The van der Waals surface area contributed by atoms with Crippen molar-refractivity contribution in [3.63, 3.8) is 0 Å². The normalized spacial score (nSPS) is 14.7. The van der Waals surface area contributed by atoms with Crippen LogP contribution in [0.2, 0.25) is 0 Å². The van der Waals surface area contributed by atoms with Gasteiger partial charge in [0.2, 0.25) is 11.8 Å². The Kier molecular flexibility index (Phi) is 11.4. The summed E-state index contributed by atoms with van der Waals surface area (Å²) in [5, 5.41) is 14.1. The summed E-state index contributed by atoms with van der Waals surface area (Å²) in [7, 11) is -3.50. The summed E-state index contributed by atoms with van der Waals surface area (Å²) < 4.78 is 28.0. The van der Waals surface area contributed by atoms with Gasteiger partial charge in [0.25, 0.3) is 11.8 Å². The van der Waals surface area contributed by atoms with E-state index >= 15 is 0 Å². The van der Waals surface area contributed by atoms with Crippen LogP contribution in [0.15, 0.2) is 24.3 Å². The number of hydrogen-bond acceptors (Lipinski definition) is 9. The van der Waals surface area contributed by atoms with Gasteiger partial charge in [-0.25, -0.2) is 4.79 Å². The molecule has 4 amide bonds. The number of carboxylic acids is 1. The average Bonchev–Trinajstić information content (AvgIpc) is 3.09. The maximum absolute atomic E-state index is 12.5. The van der Waals surface area contributed by atoms with Gasteiger partial charge in [-0.15, -0.1) is 0 Å². The van der Waals surface area contributed by atoms with Gasteiger partial charge in [-0.3, -0.25) is 28.6 Å². The molecular weight excluding hydrogens is 509 g/mol. The predicted molar refractivity (Wildman–Crippen MR) is 130 cm³/mol. The maximum Gasteiger partial charge on any atom is 0.330 e. The minimum atomic E-state index is -3.50. The number of hydrogen-bond donors (Lipinski definition) is 3. The van der Waals surface area contributed by atoms with Gasteiger partial charge >= 0.3 is 13.6 Å². The zero-order valence-electron chi connectivity index (χ0n) is 20.9. The zero-order valence-corrected chi connectivity index (χ0v) is 21.8. The van der Waals surface area contributed by atoms with Gasteiger partial charge in [0.1, 0.15) is 18.7 Å². The van der Waals surface area contributed by atoms with Crippen LogP contribution >= 0.6 is 7.60 Å². The van der Waals surface area contributed by atoms with Crippen LogP contribution in [-0.4, -0.2) is 90.8 Å². The first-order chi connectivity index (χ1) is 17.5. The van der Waals surface area contributed by atoms with Crippen LogP contribution in [0.25, 0.3) is 0 Å². The Labute approximate surface area is 214 Å². The first-order valence-electron chi connectivity index (χ1n) is 11.8. The van der Waals surface area contributed by atoms with Crippen molar-refractivity contribution in [1.82, 2.24) is 15.5 Å². The summed E-state index contributed by atoms with van der Waals surface area (Å²) in [5.74, 6) is -3.65. The van der Waals surface area contributed by atoms with Gasteiger partial charge in [-0.1, -0.05) is 12.1 Å². The van der Waals surface area contributed by atoms with Crippen molar-refractivity contribution in [3.05, 3.63) is 35.4 Å². The molecule has 3 N–H and O–H groups in total. The molecule has 0 aliphatic carbocycles. The van der Waals surface area contributed by atoms with Crippen LogP contribution < -0.4 is 10.6 Å². The lowest BCUT2D eigenvalue weighted by Gasteiger charge is -2.21. The SMILES string of the molecule is CCOP(=O)(CCC(NC(=O)[C@H](C)NC(=O)COCCN1C(=O)c2ccccc2C1=O)C(=O)O)OCC. The third-order valence-corrected chi connectivity index (χ3v) is 7.41. The van der Waals surface area contributed by atoms with Gasteiger partial charge < -0.3 is 29.5 Å². The summed E-state index contributed by atoms with van der Waals surface area (Å²) >= 11 is 0. The van der Waals surface area contributed by atoms with Crippen LogP contribution in [0.1, 0.15) is 47.9 Å². The number of carboxylic acid groups (broad SMARTS) is 1. The van der Waals surface area contributed by atoms with Crippen molar-refractivity contribution in [3.8, 4) is 0 Å². The Morgan fingerprint density at radius 1 is 1.03 bits per heavy atom. The number of benzene rings is 1. The van der Waals surface area contributed by atoms with Crippen molar-refractivity contribution in [1.29, 1.82) is 0 Å². The van der Waals surface area contributed by atoms with E-state index in [9.17, 15) is 33.6 Å². The number of amides is 4. The molecule has 0 radical (unpaired) electrons. The molecule has 1 aliphatic rings. The van der Waals surface area contributed by atoms with E-state index < -0.39 is 55.9 Å². The lowest BCUT2D eigenvalue weighted by Crippen LogP contribution is -2.51. The van der Waals surface area contributed by atoms with Crippen molar-refractivity contribution >= 4 is 37.2 Å². The number of ether oxygens (including phenoxy) is 1.